The number of aromatic nitrogens is 4. The largest absolute Gasteiger partial charge is 0.361 e. The van der Waals surface area contributed by atoms with Gasteiger partial charge in [0.25, 0.3) is 0 Å². The lowest BCUT2D eigenvalue weighted by molar-refractivity contribution is 0.390. The van der Waals surface area contributed by atoms with E-state index in [9.17, 15) is 5.26 Å². The maximum atomic E-state index is 9.30. The van der Waals surface area contributed by atoms with Gasteiger partial charge >= 0.3 is 0 Å². The summed E-state index contributed by atoms with van der Waals surface area (Å²) in [7, 11) is 0. The van der Waals surface area contributed by atoms with Gasteiger partial charge in [-0.3, -0.25) is 0 Å². The number of rotatable bonds is 3. The first-order chi connectivity index (χ1) is 10.2. The molecule has 0 aliphatic heterocycles. The highest BCUT2D eigenvalue weighted by molar-refractivity contribution is 5.30. The topological polar surface area (TPSA) is 80.5 Å². The molecule has 1 aliphatic carbocycles. The van der Waals surface area contributed by atoms with Crippen LogP contribution in [0.3, 0.4) is 0 Å². The van der Waals surface area contributed by atoms with Gasteiger partial charge in [-0.15, -0.1) is 5.10 Å². The lowest BCUT2D eigenvalue weighted by Crippen LogP contribution is -2.14. The maximum Gasteiger partial charge on any atom is 0.186 e. The van der Waals surface area contributed by atoms with Crippen molar-refractivity contribution in [2.75, 3.05) is 0 Å². The van der Waals surface area contributed by atoms with Crippen LogP contribution in [0.25, 0.3) is 0 Å². The molecule has 6 nitrogen and oxygen atoms in total. The highest BCUT2D eigenvalue weighted by atomic mass is 16.5. The zero-order valence-corrected chi connectivity index (χ0v) is 12.5. The SMILES string of the molecule is Cc1noc(C)c1Cn1nnc(C#N)c1C1CCCCC1. The summed E-state index contributed by atoms with van der Waals surface area (Å²) < 4.78 is 7.07. The van der Waals surface area contributed by atoms with Gasteiger partial charge in [-0.1, -0.05) is 29.6 Å². The Bertz CT molecular complexity index is 653. The van der Waals surface area contributed by atoms with E-state index in [2.05, 4.69) is 21.5 Å². The molecule has 110 valence electrons. The van der Waals surface area contributed by atoms with Crippen molar-refractivity contribution >= 4 is 0 Å². The van der Waals surface area contributed by atoms with Gasteiger partial charge in [0.2, 0.25) is 0 Å². The van der Waals surface area contributed by atoms with E-state index < -0.39 is 0 Å². The molecule has 1 saturated carbocycles. The quantitative estimate of drug-likeness (QED) is 0.866. The van der Waals surface area contributed by atoms with Crippen LogP contribution in [-0.4, -0.2) is 20.2 Å². The first-order valence-corrected chi connectivity index (χ1v) is 7.46. The molecular weight excluding hydrogens is 266 g/mol. The fourth-order valence-corrected chi connectivity index (χ4v) is 3.17. The van der Waals surface area contributed by atoms with Gasteiger partial charge in [-0.2, -0.15) is 5.26 Å². The van der Waals surface area contributed by atoms with Gasteiger partial charge in [-0.05, 0) is 26.7 Å². The van der Waals surface area contributed by atoms with Gasteiger partial charge in [-0.25, -0.2) is 4.68 Å². The molecule has 0 bridgehead atoms. The van der Waals surface area contributed by atoms with Crippen LogP contribution in [0.2, 0.25) is 0 Å². The van der Waals surface area contributed by atoms with E-state index in [0.29, 0.717) is 18.2 Å². The van der Waals surface area contributed by atoms with E-state index in [1.807, 2.05) is 18.5 Å². The summed E-state index contributed by atoms with van der Waals surface area (Å²) in [5.74, 6) is 1.19. The first-order valence-electron chi connectivity index (χ1n) is 7.46. The third-order valence-corrected chi connectivity index (χ3v) is 4.36. The van der Waals surface area contributed by atoms with Crippen molar-refractivity contribution in [2.24, 2.45) is 0 Å². The predicted molar refractivity (Wildman–Crippen MR) is 75.6 cm³/mol. The molecule has 0 amide bonds. The van der Waals surface area contributed by atoms with Gasteiger partial charge in [0, 0.05) is 11.5 Å². The minimum Gasteiger partial charge on any atom is -0.361 e. The predicted octanol–water partition coefficient (Wildman–Crippen LogP) is 2.85. The van der Waals surface area contributed by atoms with Crippen LogP contribution in [0.15, 0.2) is 4.52 Å². The van der Waals surface area contributed by atoms with Gasteiger partial charge in [0.05, 0.1) is 17.9 Å². The maximum absolute atomic E-state index is 9.30. The highest BCUT2D eigenvalue weighted by Gasteiger charge is 2.25. The van der Waals surface area contributed by atoms with E-state index in [1.54, 1.807) is 0 Å². The van der Waals surface area contributed by atoms with Crippen LogP contribution in [0.1, 0.15) is 66.4 Å². The lowest BCUT2D eigenvalue weighted by Gasteiger charge is -2.22. The van der Waals surface area contributed by atoms with E-state index in [1.165, 1.54) is 19.3 Å². The van der Waals surface area contributed by atoms with Crippen molar-refractivity contribution in [3.05, 3.63) is 28.4 Å². The Morgan fingerprint density at radius 3 is 2.67 bits per heavy atom. The van der Waals surface area contributed by atoms with Crippen LogP contribution in [0.5, 0.6) is 0 Å². The molecular formula is C15H19N5O. The molecule has 0 saturated heterocycles. The van der Waals surface area contributed by atoms with Crippen molar-refractivity contribution in [1.82, 2.24) is 20.2 Å². The number of hydrogen-bond donors (Lipinski definition) is 0. The molecule has 0 atom stereocenters. The summed E-state index contributed by atoms with van der Waals surface area (Å²) >= 11 is 0. The van der Waals surface area contributed by atoms with Crippen molar-refractivity contribution in [3.8, 4) is 6.07 Å². The molecule has 0 unspecified atom stereocenters. The van der Waals surface area contributed by atoms with E-state index in [4.69, 9.17) is 4.52 Å². The second kappa shape index (κ2) is 5.68. The molecule has 3 rings (SSSR count). The van der Waals surface area contributed by atoms with Crippen LogP contribution in [-0.2, 0) is 6.54 Å². The summed E-state index contributed by atoms with van der Waals surface area (Å²) in [5, 5.41) is 21.5. The minimum atomic E-state index is 0.392. The molecule has 0 spiro atoms. The van der Waals surface area contributed by atoms with Crippen molar-refractivity contribution in [3.63, 3.8) is 0 Å². The minimum absolute atomic E-state index is 0.392. The second-order valence-electron chi connectivity index (χ2n) is 5.73. The Hall–Kier alpha value is -2.16. The molecule has 0 aromatic carbocycles. The Morgan fingerprint density at radius 2 is 2.05 bits per heavy atom. The smallest absolute Gasteiger partial charge is 0.186 e. The molecule has 1 aliphatic rings. The van der Waals surface area contributed by atoms with Crippen LogP contribution in [0.4, 0.5) is 0 Å². The first kappa shape index (κ1) is 13.8. The molecule has 0 radical (unpaired) electrons. The molecule has 1 fully saturated rings. The summed E-state index contributed by atoms with van der Waals surface area (Å²) in [6.07, 6.45) is 5.94. The molecule has 0 N–H and O–H groups in total. The van der Waals surface area contributed by atoms with Crippen LogP contribution >= 0.6 is 0 Å². The Labute approximate surface area is 123 Å². The van der Waals surface area contributed by atoms with Crippen LogP contribution < -0.4 is 0 Å². The Kier molecular flexibility index (Phi) is 3.74. The number of aryl methyl sites for hydroxylation is 2. The van der Waals surface area contributed by atoms with Crippen molar-refractivity contribution < 1.29 is 4.52 Å². The molecule has 2 heterocycles. The second-order valence-corrected chi connectivity index (χ2v) is 5.73. The van der Waals surface area contributed by atoms with Crippen molar-refractivity contribution in [1.29, 1.82) is 5.26 Å². The number of hydrogen-bond acceptors (Lipinski definition) is 5. The third-order valence-electron chi connectivity index (χ3n) is 4.36. The number of nitrogens with zero attached hydrogens (tertiary/aromatic N) is 5. The summed E-state index contributed by atoms with van der Waals surface area (Å²) in [6.45, 7) is 4.40. The standard InChI is InChI=1S/C15H19N5O/c1-10-13(11(2)21-18-10)9-20-15(14(8-16)17-19-20)12-6-4-3-5-7-12/h12H,3-7,9H2,1-2H3. The van der Waals surface area contributed by atoms with Gasteiger partial charge in [0.1, 0.15) is 11.8 Å². The molecule has 6 heteroatoms. The summed E-state index contributed by atoms with van der Waals surface area (Å²) in [5.41, 5.74) is 3.35. The van der Waals surface area contributed by atoms with Gasteiger partial charge in [0.15, 0.2) is 5.69 Å². The average molecular weight is 285 g/mol. The monoisotopic (exact) mass is 285 g/mol. The van der Waals surface area contributed by atoms with E-state index >= 15 is 0 Å². The zero-order chi connectivity index (χ0) is 14.8. The Balaban J connectivity index is 1.95. The number of nitriles is 1. The lowest BCUT2D eigenvalue weighted by atomic mass is 9.86. The Morgan fingerprint density at radius 1 is 1.29 bits per heavy atom. The van der Waals surface area contributed by atoms with E-state index in [0.717, 1.165) is 35.6 Å². The molecule has 2 aromatic rings. The fraction of sp³-hybridized carbons (Fsp3) is 0.600. The molecule has 2 aromatic heterocycles. The van der Waals surface area contributed by atoms with E-state index in [-0.39, 0.29) is 0 Å². The average Bonchev–Trinajstić information content (AvgIpc) is 3.06. The fourth-order valence-electron chi connectivity index (χ4n) is 3.17. The molecule has 21 heavy (non-hydrogen) atoms. The zero-order valence-electron chi connectivity index (χ0n) is 12.5. The van der Waals surface area contributed by atoms with Crippen molar-refractivity contribution in [2.45, 2.75) is 58.4 Å². The van der Waals surface area contributed by atoms with Crippen LogP contribution in [0, 0.1) is 25.2 Å². The summed E-state index contributed by atoms with van der Waals surface area (Å²) in [4.78, 5) is 0. The van der Waals surface area contributed by atoms with Gasteiger partial charge < -0.3 is 4.52 Å². The third kappa shape index (κ3) is 2.56. The highest BCUT2D eigenvalue weighted by Crippen LogP contribution is 2.34. The normalized spacial score (nSPS) is 16.0. The summed E-state index contributed by atoms with van der Waals surface area (Å²) in [6, 6.07) is 2.19.